The van der Waals surface area contributed by atoms with Gasteiger partial charge < -0.3 is 15.4 Å². The Balaban J connectivity index is 2.20. The van der Waals surface area contributed by atoms with Crippen LogP contribution >= 0.6 is 0 Å². The van der Waals surface area contributed by atoms with E-state index in [9.17, 15) is 4.79 Å². The standard InChI is InChI=1S/C16H26N2O2/c1-4-20-11-5-10-17-16(19)12-18-15-8-6-14(7-9-15)13(2)3/h6-9,13,18H,4-5,10-12H2,1-3H3,(H,17,19). The minimum absolute atomic E-state index is 0.00874. The number of carbonyl (C=O) groups is 1. The molecule has 1 aromatic rings. The highest BCUT2D eigenvalue weighted by Crippen LogP contribution is 2.16. The summed E-state index contributed by atoms with van der Waals surface area (Å²) in [5.41, 5.74) is 2.27. The first-order valence-corrected chi connectivity index (χ1v) is 7.31. The van der Waals surface area contributed by atoms with Gasteiger partial charge in [0.25, 0.3) is 0 Å². The number of ether oxygens (including phenoxy) is 1. The zero-order valence-corrected chi connectivity index (χ0v) is 12.7. The maximum absolute atomic E-state index is 11.6. The van der Waals surface area contributed by atoms with Crippen molar-refractivity contribution in [3.8, 4) is 0 Å². The van der Waals surface area contributed by atoms with Crippen LogP contribution in [0.5, 0.6) is 0 Å². The third-order valence-corrected chi connectivity index (χ3v) is 3.02. The van der Waals surface area contributed by atoms with Crippen molar-refractivity contribution in [3.63, 3.8) is 0 Å². The van der Waals surface area contributed by atoms with Crippen LogP contribution in [0.25, 0.3) is 0 Å². The predicted molar refractivity (Wildman–Crippen MR) is 83.1 cm³/mol. The van der Waals surface area contributed by atoms with E-state index in [2.05, 4.69) is 36.6 Å². The van der Waals surface area contributed by atoms with Gasteiger partial charge in [-0.25, -0.2) is 0 Å². The number of rotatable bonds is 9. The Morgan fingerprint density at radius 2 is 1.95 bits per heavy atom. The molecule has 0 aliphatic heterocycles. The summed E-state index contributed by atoms with van der Waals surface area (Å²) in [6.45, 7) is 8.68. The molecule has 4 nitrogen and oxygen atoms in total. The molecule has 112 valence electrons. The minimum atomic E-state index is 0.00874. The predicted octanol–water partition coefficient (Wildman–Crippen LogP) is 2.76. The lowest BCUT2D eigenvalue weighted by Crippen LogP contribution is -2.31. The second kappa shape index (κ2) is 9.37. The van der Waals surface area contributed by atoms with E-state index in [1.54, 1.807) is 0 Å². The molecule has 0 bridgehead atoms. The molecule has 0 aliphatic carbocycles. The first-order valence-electron chi connectivity index (χ1n) is 7.31. The van der Waals surface area contributed by atoms with Crippen molar-refractivity contribution in [1.29, 1.82) is 0 Å². The summed E-state index contributed by atoms with van der Waals surface area (Å²) < 4.78 is 5.21. The molecule has 1 rings (SSSR count). The van der Waals surface area contributed by atoms with Gasteiger partial charge in [-0.15, -0.1) is 0 Å². The van der Waals surface area contributed by atoms with Crippen molar-refractivity contribution in [1.82, 2.24) is 5.32 Å². The largest absolute Gasteiger partial charge is 0.382 e. The number of hydrogen-bond donors (Lipinski definition) is 2. The first kappa shape index (κ1) is 16.5. The normalized spacial score (nSPS) is 10.6. The lowest BCUT2D eigenvalue weighted by atomic mass is 10.0. The van der Waals surface area contributed by atoms with Gasteiger partial charge in [0, 0.05) is 25.4 Å². The highest BCUT2D eigenvalue weighted by molar-refractivity contribution is 5.80. The quantitative estimate of drug-likeness (QED) is 0.683. The van der Waals surface area contributed by atoms with Crippen molar-refractivity contribution < 1.29 is 9.53 Å². The fraction of sp³-hybridized carbons (Fsp3) is 0.562. The Morgan fingerprint density at radius 1 is 1.25 bits per heavy atom. The lowest BCUT2D eigenvalue weighted by Gasteiger charge is -2.09. The van der Waals surface area contributed by atoms with Gasteiger partial charge in [0.1, 0.15) is 0 Å². The number of benzene rings is 1. The number of hydrogen-bond acceptors (Lipinski definition) is 3. The monoisotopic (exact) mass is 278 g/mol. The SMILES string of the molecule is CCOCCCNC(=O)CNc1ccc(C(C)C)cc1. The molecule has 0 atom stereocenters. The molecular formula is C16H26N2O2. The molecule has 1 amide bonds. The van der Waals surface area contributed by atoms with E-state index in [1.807, 2.05) is 19.1 Å². The summed E-state index contributed by atoms with van der Waals surface area (Å²) in [5, 5.41) is 5.98. The van der Waals surface area contributed by atoms with Crippen LogP contribution in [0.1, 0.15) is 38.7 Å². The third-order valence-electron chi connectivity index (χ3n) is 3.02. The fourth-order valence-corrected chi connectivity index (χ4v) is 1.78. The van der Waals surface area contributed by atoms with Gasteiger partial charge in [-0.2, -0.15) is 0 Å². The molecule has 0 saturated heterocycles. The van der Waals surface area contributed by atoms with Gasteiger partial charge >= 0.3 is 0 Å². The summed E-state index contributed by atoms with van der Waals surface area (Å²) in [6, 6.07) is 8.20. The van der Waals surface area contributed by atoms with Crippen molar-refractivity contribution in [3.05, 3.63) is 29.8 Å². The number of amides is 1. The van der Waals surface area contributed by atoms with Gasteiger partial charge in [0.05, 0.1) is 6.54 Å². The molecule has 20 heavy (non-hydrogen) atoms. The zero-order valence-electron chi connectivity index (χ0n) is 12.7. The van der Waals surface area contributed by atoms with E-state index in [0.717, 1.165) is 18.7 Å². The Kier molecular flexibility index (Phi) is 7.73. The molecule has 1 aromatic carbocycles. The second-order valence-corrected chi connectivity index (χ2v) is 5.03. The summed E-state index contributed by atoms with van der Waals surface area (Å²) in [5.74, 6) is 0.534. The Labute approximate surface area is 121 Å². The zero-order chi connectivity index (χ0) is 14.8. The number of anilines is 1. The van der Waals surface area contributed by atoms with Crippen molar-refractivity contribution in [2.45, 2.75) is 33.1 Å². The topological polar surface area (TPSA) is 50.4 Å². The van der Waals surface area contributed by atoms with Crippen LogP contribution in [-0.4, -0.2) is 32.2 Å². The van der Waals surface area contributed by atoms with Crippen molar-refractivity contribution >= 4 is 11.6 Å². The molecule has 0 radical (unpaired) electrons. The Hall–Kier alpha value is -1.55. The maximum Gasteiger partial charge on any atom is 0.239 e. The van der Waals surface area contributed by atoms with Crippen LogP contribution in [-0.2, 0) is 9.53 Å². The lowest BCUT2D eigenvalue weighted by molar-refractivity contribution is -0.119. The molecule has 4 heteroatoms. The molecule has 0 spiro atoms. The van der Waals surface area contributed by atoms with E-state index in [-0.39, 0.29) is 5.91 Å². The van der Waals surface area contributed by atoms with Crippen molar-refractivity contribution in [2.24, 2.45) is 0 Å². The van der Waals surface area contributed by atoms with E-state index < -0.39 is 0 Å². The third kappa shape index (κ3) is 6.57. The minimum Gasteiger partial charge on any atom is -0.382 e. The average Bonchev–Trinajstić information content (AvgIpc) is 2.45. The smallest absolute Gasteiger partial charge is 0.239 e. The van der Waals surface area contributed by atoms with Crippen LogP contribution in [0.4, 0.5) is 5.69 Å². The molecule has 0 heterocycles. The van der Waals surface area contributed by atoms with E-state index >= 15 is 0 Å². The number of nitrogens with one attached hydrogen (secondary N) is 2. The fourth-order valence-electron chi connectivity index (χ4n) is 1.78. The highest BCUT2D eigenvalue weighted by atomic mass is 16.5. The average molecular weight is 278 g/mol. The van der Waals surface area contributed by atoms with Crippen LogP contribution in [0.3, 0.4) is 0 Å². The molecule has 0 saturated carbocycles. The Morgan fingerprint density at radius 3 is 2.55 bits per heavy atom. The summed E-state index contributed by atoms with van der Waals surface area (Å²) in [7, 11) is 0. The summed E-state index contributed by atoms with van der Waals surface area (Å²) >= 11 is 0. The molecular weight excluding hydrogens is 252 g/mol. The van der Waals surface area contributed by atoms with Crippen LogP contribution < -0.4 is 10.6 Å². The van der Waals surface area contributed by atoms with Gasteiger partial charge in [0.2, 0.25) is 5.91 Å². The van der Waals surface area contributed by atoms with Gasteiger partial charge in [0.15, 0.2) is 0 Å². The van der Waals surface area contributed by atoms with Crippen LogP contribution in [0.2, 0.25) is 0 Å². The molecule has 2 N–H and O–H groups in total. The molecule has 0 aliphatic rings. The van der Waals surface area contributed by atoms with Crippen LogP contribution in [0.15, 0.2) is 24.3 Å². The first-order chi connectivity index (χ1) is 9.63. The molecule has 0 unspecified atom stereocenters. The highest BCUT2D eigenvalue weighted by Gasteiger charge is 2.02. The van der Waals surface area contributed by atoms with Crippen LogP contribution in [0, 0.1) is 0 Å². The van der Waals surface area contributed by atoms with Gasteiger partial charge in [-0.3, -0.25) is 4.79 Å². The van der Waals surface area contributed by atoms with E-state index in [0.29, 0.717) is 25.6 Å². The summed E-state index contributed by atoms with van der Waals surface area (Å²) in [4.78, 5) is 11.6. The maximum atomic E-state index is 11.6. The van der Waals surface area contributed by atoms with Gasteiger partial charge in [-0.05, 0) is 37.0 Å². The Bertz CT molecular complexity index is 388. The van der Waals surface area contributed by atoms with E-state index in [1.165, 1.54) is 5.56 Å². The van der Waals surface area contributed by atoms with Gasteiger partial charge in [-0.1, -0.05) is 26.0 Å². The molecule has 0 aromatic heterocycles. The molecule has 0 fully saturated rings. The summed E-state index contributed by atoms with van der Waals surface area (Å²) in [6.07, 6.45) is 0.850. The number of carbonyl (C=O) groups excluding carboxylic acids is 1. The van der Waals surface area contributed by atoms with E-state index in [4.69, 9.17) is 4.74 Å². The second-order valence-electron chi connectivity index (χ2n) is 5.03. The van der Waals surface area contributed by atoms with Crippen molar-refractivity contribution in [2.75, 3.05) is 31.6 Å².